The van der Waals surface area contributed by atoms with Crippen LogP contribution >= 0.6 is 23.8 Å². The Morgan fingerprint density at radius 2 is 1.69 bits per heavy atom. The maximum Gasteiger partial charge on any atom is 0.174 e. The van der Waals surface area contributed by atoms with Gasteiger partial charge in [-0.3, -0.25) is 4.98 Å². The monoisotopic (exact) mass is 551 g/mol. The van der Waals surface area contributed by atoms with E-state index in [1.54, 1.807) is 6.20 Å². The van der Waals surface area contributed by atoms with Crippen molar-refractivity contribution in [3.63, 3.8) is 0 Å². The predicted octanol–water partition coefficient (Wildman–Crippen LogP) is 8.58. The van der Waals surface area contributed by atoms with Gasteiger partial charge in [0.25, 0.3) is 0 Å². The van der Waals surface area contributed by atoms with E-state index in [9.17, 15) is 0 Å². The third-order valence-electron chi connectivity index (χ3n) is 6.99. The van der Waals surface area contributed by atoms with Gasteiger partial charge in [-0.05, 0) is 97.9 Å². The van der Waals surface area contributed by atoms with Crippen LogP contribution < -0.4 is 15.0 Å². The van der Waals surface area contributed by atoms with Crippen molar-refractivity contribution in [1.29, 1.82) is 0 Å². The SMILES string of the molecule is Cc1ccccc1Oc1ccc(N2C(=S)N[C@@H](c3ccccn3)[C@@H]2c2ccc(-c3cccc(Cl)c3C)o2)cc1. The van der Waals surface area contributed by atoms with Crippen LogP contribution in [0.4, 0.5) is 5.69 Å². The number of pyridine rings is 1. The molecule has 3 aromatic carbocycles. The number of para-hydroxylation sites is 1. The molecule has 39 heavy (non-hydrogen) atoms. The Morgan fingerprint density at radius 3 is 2.46 bits per heavy atom. The molecule has 5 nitrogen and oxygen atoms in total. The van der Waals surface area contributed by atoms with E-state index in [2.05, 4.69) is 15.2 Å². The van der Waals surface area contributed by atoms with Crippen LogP contribution in [-0.2, 0) is 0 Å². The van der Waals surface area contributed by atoms with Crippen LogP contribution in [0.25, 0.3) is 11.3 Å². The van der Waals surface area contributed by atoms with E-state index in [0.717, 1.165) is 51.1 Å². The van der Waals surface area contributed by atoms with Crippen LogP contribution in [0.2, 0.25) is 5.02 Å². The number of aryl methyl sites for hydroxylation is 1. The number of furan rings is 1. The summed E-state index contributed by atoms with van der Waals surface area (Å²) >= 11 is 12.3. The number of rotatable bonds is 6. The van der Waals surface area contributed by atoms with Gasteiger partial charge in [-0.2, -0.15) is 0 Å². The van der Waals surface area contributed by atoms with Crippen molar-refractivity contribution < 1.29 is 9.15 Å². The molecule has 5 aromatic rings. The van der Waals surface area contributed by atoms with E-state index in [-0.39, 0.29) is 12.1 Å². The Kier molecular flexibility index (Phi) is 6.81. The minimum absolute atomic E-state index is 0.207. The topological polar surface area (TPSA) is 50.5 Å². The number of benzene rings is 3. The van der Waals surface area contributed by atoms with Crippen molar-refractivity contribution >= 4 is 34.6 Å². The van der Waals surface area contributed by atoms with Gasteiger partial charge in [-0.1, -0.05) is 48.0 Å². The van der Waals surface area contributed by atoms with Gasteiger partial charge in [0.15, 0.2) is 5.11 Å². The Bertz CT molecular complexity index is 1640. The molecule has 194 valence electrons. The normalized spacial score (nSPS) is 16.8. The lowest BCUT2D eigenvalue weighted by atomic mass is 10.0. The summed E-state index contributed by atoms with van der Waals surface area (Å²) in [5.41, 5.74) is 4.81. The van der Waals surface area contributed by atoms with Gasteiger partial charge < -0.3 is 19.4 Å². The maximum absolute atomic E-state index is 6.50. The summed E-state index contributed by atoms with van der Waals surface area (Å²) in [7, 11) is 0. The van der Waals surface area contributed by atoms with Crippen molar-refractivity contribution in [3.05, 3.63) is 131 Å². The van der Waals surface area contributed by atoms with Gasteiger partial charge in [0, 0.05) is 22.5 Å². The summed E-state index contributed by atoms with van der Waals surface area (Å²) in [5, 5.41) is 4.78. The molecule has 7 heteroatoms. The van der Waals surface area contributed by atoms with E-state index >= 15 is 0 Å². The quantitative estimate of drug-likeness (QED) is 0.213. The number of ether oxygens (including phenoxy) is 1. The highest BCUT2D eigenvalue weighted by atomic mass is 35.5. The fraction of sp³-hybridized carbons (Fsp3) is 0.125. The maximum atomic E-state index is 6.50. The fourth-order valence-electron chi connectivity index (χ4n) is 4.93. The van der Waals surface area contributed by atoms with E-state index in [4.69, 9.17) is 33.0 Å². The summed E-state index contributed by atoms with van der Waals surface area (Å²) in [4.78, 5) is 6.71. The van der Waals surface area contributed by atoms with Gasteiger partial charge in [-0.25, -0.2) is 0 Å². The summed E-state index contributed by atoms with van der Waals surface area (Å²) in [6.07, 6.45) is 1.79. The van der Waals surface area contributed by atoms with E-state index in [1.165, 1.54) is 0 Å². The van der Waals surface area contributed by atoms with Crippen LogP contribution in [0.15, 0.2) is 108 Å². The number of nitrogens with zero attached hydrogens (tertiary/aromatic N) is 2. The highest BCUT2D eigenvalue weighted by molar-refractivity contribution is 7.80. The first-order chi connectivity index (χ1) is 19.0. The molecular weight excluding hydrogens is 526 g/mol. The average molecular weight is 552 g/mol. The van der Waals surface area contributed by atoms with Gasteiger partial charge >= 0.3 is 0 Å². The molecule has 1 N–H and O–H groups in total. The molecule has 0 unspecified atom stereocenters. The van der Waals surface area contributed by atoms with Crippen LogP contribution in [0.1, 0.15) is 34.7 Å². The van der Waals surface area contributed by atoms with Crippen LogP contribution in [-0.4, -0.2) is 10.1 Å². The lowest BCUT2D eigenvalue weighted by Crippen LogP contribution is -2.29. The van der Waals surface area contributed by atoms with Crippen molar-refractivity contribution in [2.45, 2.75) is 25.9 Å². The Balaban J connectivity index is 1.37. The smallest absolute Gasteiger partial charge is 0.174 e. The summed E-state index contributed by atoms with van der Waals surface area (Å²) in [6, 6.07) is 31.2. The molecule has 1 aliphatic rings. The molecule has 2 atom stereocenters. The number of thiocarbonyl (C=S) groups is 1. The van der Waals surface area contributed by atoms with Crippen LogP contribution in [0, 0.1) is 13.8 Å². The molecule has 6 rings (SSSR count). The molecular formula is C32H26ClN3O2S. The highest BCUT2D eigenvalue weighted by Crippen LogP contribution is 2.43. The number of halogens is 1. The molecule has 2 aromatic heterocycles. The fourth-order valence-corrected chi connectivity index (χ4v) is 5.45. The molecule has 0 bridgehead atoms. The third kappa shape index (κ3) is 4.89. The lowest BCUT2D eigenvalue weighted by Gasteiger charge is -2.26. The zero-order valence-electron chi connectivity index (χ0n) is 21.5. The van der Waals surface area contributed by atoms with Crippen LogP contribution in [0.3, 0.4) is 0 Å². The number of aromatic nitrogens is 1. The summed E-state index contributed by atoms with van der Waals surface area (Å²) in [5.74, 6) is 3.11. The molecule has 0 amide bonds. The van der Waals surface area contributed by atoms with Crippen molar-refractivity contribution in [1.82, 2.24) is 10.3 Å². The largest absolute Gasteiger partial charge is 0.459 e. The first-order valence-corrected chi connectivity index (χ1v) is 13.5. The molecule has 0 saturated carbocycles. The third-order valence-corrected chi connectivity index (χ3v) is 7.71. The van der Waals surface area contributed by atoms with Crippen molar-refractivity contribution in [3.8, 4) is 22.8 Å². The summed E-state index contributed by atoms with van der Waals surface area (Å²) < 4.78 is 12.6. The first kappa shape index (κ1) is 25.2. The Hall–Kier alpha value is -4.13. The number of hydrogen-bond donors (Lipinski definition) is 1. The molecule has 0 aliphatic carbocycles. The molecule has 0 radical (unpaired) electrons. The minimum atomic E-state index is -0.260. The van der Waals surface area contributed by atoms with Crippen LogP contribution in [0.5, 0.6) is 11.5 Å². The number of nitrogens with one attached hydrogen (secondary N) is 1. The van der Waals surface area contributed by atoms with E-state index < -0.39 is 0 Å². The zero-order chi connectivity index (χ0) is 26.9. The second-order valence-electron chi connectivity index (χ2n) is 9.47. The Morgan fingerprint density at radius 1 is 0.897 bits per heavy atom. The van der Waals surface area contributed by atoms with Gasteiger partial charge in [0.1, 0.15) is 29.1 Å². The van der Waals surface area contributed by atoms with Crippen molar-refractivity contribution in [2.75, 3.05) is 4.90 Å². The predicted molar refractivity (Wildman–Crippen MR) is 160 cm³/mol. The van der Waals surface area contributed by atoms with Gasteiger partial charge in [0.05, 0.1) is 11.7 Å². The first-order valence-electron chi connectivity index (χ1n) is 12.7. The Labute approximate surface area is 238 Å². The summed E-state index contributed by atoms with van der Waals surface area (Å²) in [6.45, 7) is 4.03. The van der Waals surface area contributed by atoms with Gasteiger partial charge in [-0.15, -0.1) is 0 Å². The standard InChI is InChI=1S/C32H26ClN3O2S/c1-20-8-3-4-12-27(20)37-23-15-13-22(14-16-23)36-31(30(35-32(36)39)26-11-5-6-19-34-26)29-18-17-28(38-29)24-9-7-10-25(33)21(24)2/h3-19,30-31H,1-2H3,(H,35,39)/t30-,31-/m0/s1. The van der Waals surface area contributed by atoms with Gasteiger partial charge in [0.2, 0.25) is 0 Å². The minimum Gasteiger partial charge on any atom is -0.459 e. The molecule has 3 heterocycles. The molecule has 1 aliphatic heterocycles. The number of anilines is 1. The highest BCUT2D eigenvalue weighted by Gasteiger charge is 2.42. The average Bonchev–Trinajstić information content (AvgIpc) is 3.57. The lowest BCUT2D eigenvalue weighted by molar-refractivity contribution is 0.439. The second kappa shape index (κ2) is 10.6. The second-order valence-corrected chi connectivity index (χ2v) is 10.3. The molecule has 0 spiro atoms. The molecule has 1 fully saturated rings. The zero-order valence-corrected chi connectivity index (χ0v) is 23.0. The van der Waals surface area contributed by atoms with E-state index in [0.29, 0.717) is 10.1 Å². The van der Waals surface area contributed by atoms with E-state index in [1.807, 2.05) is 111 Å². The number of hydrogen-bond acceptors (Lipinski definition) is 4. The van der Waals surface area contributed by atoms with Crippen molar-refractivity contribution in [2.24, 2.45) is 0 Å². The molecule has 1 saturated heterocycles.